The van der Waals surface area contributed by atoms with Gasteiger partial charge in [-0.3, -0.25) is 4.99 Å². The van der Waals surface area contributed by atoms with E-state index in [1.807, 2.05) is 11.8 Å². The van der Waals surface area contributed by atoms with Gasteiger partial charge in [0.1, 0.15) is 0 Å². The Labute approximate surface area is 173 Å². The minimum Gasteiger partial charge on any atom is -0.381 e. The number of thioether (sulfide) groups is 1. The molecule has 2 heterocycles. The largest absolute Gasteiger partial charge is 0.381 e. The molecule has 4 nitrogen and oxygen atoms in total. The van der Waals surface area contributed by atoms with Crippen LogP contribution >= 0.6 is 35.7 Å². The monoisotopic (exact) mass is 475 g/mol. The van der Waals surface area contributed by atoms with E-state index < -0.39 is 0 Å². The van der Waals surface area contributed by atoms with Crippen LogP contribution < -0.4 is 5.32 Å². The van der Waals surface area contributed by atoms with Crippen LogP contribution in [0.1, 0.15) is 26.7 Å². The van der Waals surface area contributed by atoms with E-state index in [0.29, 0.717) is 10.7 Å². The maximum atomic E-state index is 5.64. The summed E-state index contributed by atoms with van der Waals surface area (Å²) in [5.41, 5.74) is 0.376. The number of guanidine groups is 1. The number of nitrogens with one attached hydrogen (secondary N) is 1. The quantitative estimate of drug-likeness (QED) is 0.304. The zero-order valence-electron chi connectivity index (χ0n) is 15.2. The van der Waals surface area contributed by atoms with E-state index in [1.165, 1.54) is 17.7 Å². The summed E-state index contributed by atoms with van der Waals surface area (Å²) in [7, 11) is 0. The van der Waals surface area contributed by atoms with E-state index in [2.05, 4.69) is 54.4 Å². The second-order valence-corrected chi connectivity index (χ2v) is 8.42. The second-order valence-electron chi connectivity index (χ2n) is 6.91. The van der Waals surface area contributed by atoms with Crippen LogP contribution in [0, 0.1) is 5.41 Å². The van der Waals surface area contributed by atoms with Crippen molar-refractivity contribution in [3.05, 3.63) is 30.3 Å². The highest BCUT2D eigenvalue weighted by Gasteiger charge is 2.42. The van der Waals surface area contributed by atoms with Gasteiger partial charge in [-0.05, 0) is 31.9 Å². The van der Waals surface area contributed by atoms with E-state index >= 15 is 0 Å². The van der Waals surface area contributed by atoms with Gasteiger partial charge in [-0.2, -0.15) is 0 Å². The predicted octanol–water partition coefficient (Wildman–Crippen LogP) is 3.86. The summed E-state index contributed by atoms with van der Waals surface area (Å²) in [4.78, 5) is 8.66. The molecule has 140 valence electrons. The van der Waals surface area contributed by atoms with Gasteiger partial charge in [0.05, 0.1) is 13.2 Å². The van der Waals surface area contributed by atoms with Gasteiger partial charge in [-0.25, -0.2) is 0 Å². The molecule has 1 aromatic carbocycles. The minimum atomic E-state index is 0. The first-order valence-electron chi connectivity index (χ1n) is 9.03. The molecule has 0 saturated carbocycles. The molecule has 2 saturated heterocycles. The topological polar surface area (TPSA) is 36.9 Å². The number of ether oxygens (including phenoxy) is 1. The molecule has 0 bridgehead atoms. The molecule has 3 rings (SSSR count). The third-order valence-corrected chi connectivity index (χ3v) is 5.93. The van der Waals surface area contributed by atoms with E-state index in [4.69, 9.17) is 9.73 Å². The fourth-order valence-corrected chi connectivity index (χ4v) is 4.42. The Morgan fingerprint density at radius 3 is 2.84 bits per heavy atom. The molecule has 1 aromatic rings. The lowest BCUT2D eigenvalue weighted by Gasteiger charge is -2.25. The van der Waals surface area contributed by atoms with Crippen molar-refractivity contribution in [1.82, 2.24) is 10.2 Å². The Morgan fingerprint density at radius 1 is 1.36 bits per heavy atom. The van der Waals surface area contributed by atoms with E-state index in [9.17, 15) is 0 Å². The van der Waals surface area contributed by atoms with Gasteiger partial charge in [0.2, 0.25) is 0 Å². The molecule has 2 aliphatic rings. The van der Waals surface area contributed by atoms with Gasteiger partial charge in [0, 0.05) is 41.8 Å². The van der Waals surface area contributed by atoms with Gasteiger partial charge in [-0.15, -0.1) is 35.7 Å². The van der Waals surface area contributed by atoms with Crippen molar-refractivity contribution in [3.63, 3.8) is 0 Å². The molecule has 1 N–H and O–H groups in total. The van der Waals surface area contributed by atoms with Crippen LogP contribution in [0.15, 0.2) is 40.2 Å². The van der Waals surface area contributed by atoms with Crippen molar-refractivity contribution in [2.24, 2.45) is 10.4 Å². The molecule has 6 heteroatoms. The minimum absolute atomic E-state index is 0. The lowest BCUT2D eigenvalue weighted by molar-refractivity contribution is 0.156. The lowest BCUT2D eigenvalue weighted by atomic mass is 9.87. The highest BCUT2D eigenvalue weighted by atomic mass is 127. The van der Waals surface area contributed by atoms with Crippen LogP contribution in [0.25, 0.3) is 0 Å². The molecule has 2 unspecified atom stereocenters. The van der Waals surface area contributed by atoms with Crippen molar-refractivity contribution >= 4 is 41.7 Å². The zero-order valence-corrected chi connectivity index (χ0v) is 18.4. The number of nitrogens with zero attached hydrogens (tertiary/aromatic N) is 2. The first kappa shape index (κ1) is 20.8. The Kier molecular flexibility index (Phi) is 8.35. The fraction of sp³-hybridized carbons (Fsp3) is 0.632. The van der Waals surface area contributed by atoms with Gasteiger partial charge in [0.25, 0.3) is 0 Å². The zero-order chi connectivity index (χ0) is 16.8. The first-order chi connectivity index (χ1) is 11.7. The summed E-state index contributed by atoms with van der Waals surface area (Å²) in [6.07, 6.45) is 2.43. The van der Waals surface area contributed by atoms with Crippen molar-refractivity contribution < 1.29 is 4.74 Å². The molecular weight excluding hydrogens is 445 g/mol. The second kappa shape index (κ2) is 10.0. The average Bonchev–Trinajstić information content (AvgIpc) is 3.23. The van der Waals surface area contributed by atoms with Crippen molar-refractivity contribution in [2.75, 3.05) is 39.4 Å². The Balaban J connectivity index is 0.00000225. The van der Waals surface area contributed by atoms with Crippen LogP contribution in [0.2, 0.25) is 0 Å². The molecule has 1 spiro atoms. The average molecular weight is 475 g/mol. The van der Waals surface area contributed by atoms with E-state index in [0.717, 1.165) is 45.4 Å². The number of hydrogen-bond donors (Lipinski definition) is 1. The molecule has 0 aromatic heterocycles. The number of hydrogen-bond acceptors (Lipinski definition) is 3. The molecule has 0 radical (unpaired) electrons. The van der Waals surface area contributed by atoms with Crippen LogP contribution in [-0.4, -0.2) is 55.5 Å². The van der Waals surface area contributed by atoms with Gasteiger partial charge in [-0.1, -0.05) is 25.1 Å². The SMILES string of the molecule is CCNC(=NCC(C)Sc1ccccc1)N1CCC2(CCOC2)C1.I. The molecule has 2 atom stereocenters. The number of likely N-dealkylation sites (tertiary alicyclic amines) is 1. The summed E-state index contributed by atoms with van der Waals surface area (Å²) in [6.45, 7) is 10.2. The van der Waals surface area contributed by atoms with Crippen molar-refractivity contribution in [2.45, 2.75) is 36.8 Å². The lowest BCUT2D eigenvalue weighted by Crippen LogP contribution is -2.41. The molecular formula is C19H30IN3OS. The summed E-state index contributed by atoms with van der Waals surface area (Å²) < 4.78 is 5.64. The van der Waals surface area contributed by atoms with E-state index in [1.54, 1.807) is 0 Å². The van der Waals surface area contributed by atoms with Gasteiger partial charge in [0.15, 0.2) is 5.96 Å². The third kappa shape index (κ3) is 5.76. The maximum Gasteiger partial charge on any atom is 0.193 e. The third-order valence-electron chi connectivity index (χ3n) is 4.84. The predicted molar refractivity (Wildman–Crippen MR) is 117 cm³/mol. The standard InChI is InChI=1S/C19H29N3OS.HI/c1-3-20-18(22-11-9-19(14-22)10-12-23-15-19)21-13-16(2)24-17-7-5-4-6-8-17;/h4-8,16H,3,9-15H2,1-2H3,(H,20,21);1H. The summed E-state index contributed by atoms with van der Waals surface area (Å²) in [5, 5.41) is 3.94. The van der Waals surface area contributed by atoms with Gasteiger partial charge >= 0.3 is 0 Å². The Morgan fingerprint density at radius 2 is 2.16 bits per heavy atom. The Hall–Kier alpha value is -0.470. The number of halogens is 1. The van der Waals surface area contributed by atoms with Crippen LogP contribution in [0.3, 0.4) is 0 Å². The highest BCUT2D eigenvalue weighted by molar-refractivity contribution is 14.0. The molecule has 2 aliphatic heterocycles. The Bertz CT molecular complexity index is 549. The summed E-state index contributed by atoms with van der Waals surface area (Å²) in [6, 6.07) is 10.6. The highest BCUT2D eigenvalue weighted by Crippen LogP contribution is 2.38. The van der Waals surface area contributed by atoms with Crippen LogP contribution in [0.5, 0.6) is 0 Å². The van der Waals surface area contributed by atoms with Gasteiger partial charge < -0.3 is 15.0 Å². The normalized spacial score (nSPS) is 24.4. The molecule has 2 fully saturated rings. The smallest absolute Gasteiger partial charge is 0.193 e. The van der Waals surface area contributed by atoms with Crippen molar-refractivity contribution in [3.8, 4) is 0 Å². The molecule has 25 heavy (non-hydrogen) atoms. The molecule has 0 amide bonds. The van der Waals surface area contributed by atoms with Crippen LogP contribution in [-0.2, 0) is 4.74 Å². The maximum absolute atomic E-state index is 5.64. The number of rotatable bonds is 5. The molecule has 0 aliphatic carbocycles. The number of aliphatic imine (C=N–C) groups is 1. The fourth-order valence-electron chi connectivity index (χ4n) is 3.50. The van der Waals surface area contributed by atoms with E-state index in [-0.39, 0.29) is 24.0 Å². The van der Waals surface area contributed by atoms with Crippen LogP contribution in [0.4, 0.5) is 0 Å². The summed E-state index contributed by atoms with van der Waals surface area (Å²) >= 11 is 1.89. The number of benzene rings is 1. The summed E-state index contributed by atoms with van der Waals surface area (Å²) in [5.74, 6) is 1.07. The van der Waals surface area contributed by atoms with Crippen molar-refractivity contribution in [1.29, 1.82) is 0 Å². The first-order valence-corrected chi connectivity index (χ1v) is 9.91.